The smallest absolute Gasteiger partial charge is 0.354 e. The number of hydrogen-bond acceptors (Lipinski definition) is 6. The van der Waals surface area contributed by atoms with E-state index in [0.29, 0.717) is 13.0 Å². The van der Waals surface area contributed by atoms with Gasteiger partial charge in [0.15, 0.2) is 0 Å². The molecule has 22 heavy (non-hydrogen) atoms. The Kier molecular flexibility index (Phi) is 4.75. The number of carbonyl (C=O) groups excluding carboxylic acids is 2. The van der Waals surface area contributed by atoms with E-state index in [1.54, 1.807) is 0 Å². The average molecular weight is 311 g/mol. The Morgan fingerprint density at radius 1 is 1.41 bits per heavy atom. The van der Waals surface area contributed by atoms with Crippen molar-refractivity contribution in [2.45, 2.75) is 51.5 Å². The van der Waals surface area contributed by atoms with Gasteiger partial charge < -0.3 is 24.6 Å². The third-order valence-corrected chi connectivity index (χ3v) is 3.34. The number of aliphatic hydroxyl groups excluding tert-OH is 1. The van der Waals surface area contributed by atoms with Crippen molar-refractivity contribution in [3.63, 3.8) is 0 Å². The predicted octanol–water partition coefficient (Wildman–Crippen LogP) is 1.31. The molecule has 7 nitrogen and oxygen atoms in total. The maximum Gasteiger partial charge on any atom is 0.354 e. The molecular weight excluding hydrogens is 290 g/mol. The second-order valence-corrected chi connectivity index (χ2v) is 5.61. The van der Waals surface area contributed by atoms with Crippen molar-refractivity contribution in [1.82, 2.24) is 5.32 Å². The van der Waals surface area contributed by atoms with Gasteiger partial charge in [0.2, 0.25) is 5.57 Å². The third-order valence-electron chi connectivity index (χ3n) is 3.34. The number of rotatable bonds is 4. The number of cyclic esters (lactones) is 1. The Hall–Kier alpha value is -2.02. The summed E-state index contributed by atoms with van der Waals surface area (Å²) in [5.74, 6) is -3.63. The zero-order chi connectivity index (χ0) is 16.3. The zero-order valence-electron chi connectivity index (χ0n) is 12.9. The molecule has 0 fully saturated rings. The van der Waals surface area contributed by atoms with Gasteiger partial charge in [-0.3, -0.25) is 4.79 Å². The molecule has 122 valence electrons. The van der Waals surface area contributed by atoms with Gasteiger partial charge in [0.1, 0.15) is 0 Å². The quantitative estimate of drug-likeness (QED) is 0.462. The molecule has 0 saturated carbocycles. The highest BCUT2D eigenvalue weighted by Gasteiger charge is 2.40. The Bertz CT molecular complexity index is 522. The van der Waals surface area contributed by atoms with Gasteiger partial charge in [-0.2, -0.15) is 0 Å². The van der Waals surface area contributed by atoms with E-state index in [2.05, 4.69) is 5.32 Å². The molecule has 0 bridgehead atoms. The first-order chi connectivity index (χ1) is 10.3. The second-order valence-electron chi connectivity index (χ2n) is 5.61. The third kappa shape index (κ3) is 3.79. The molecule has 7 heteroatoms. The van der Waals surface area contributed by atoms with Crippen LogP contribution in [0, 0.1) is 0 Å². The topological polar surface area (TPSA) is 94.1 Å². The highest BCUT2D eigenvalue weighted by atomic mass is 16.8. The van der Waals surface area contributed by atoms with Crippen LogP contribution in [0.25, 0.3) is 0 Å². The lowest BCUT2D eigenvalue weighted by atomic mass is 10.00. The number of hydrogen-bond donors (Lipinski definition) is 2. The van der Waals surface area contributed by atoms with Crippen LogP contribution in [0.15, 0.2) is 23.7 Å². The first kappa shape index (κ1) is 16.4. The van der Waals surface area contributed by atoms with Crippen molar-refractivity contribution in [1.29, 1.82) is 0 Å². The summed E-state index contributed by atoms with van der Waals surface area (Å²) in [7, 11) is 0. The van der Waals surface area contributed by atoms with Gasteiger partial charge in [-0.15, -0.1) is 0 Å². The summed E-state index contributed by atoms with van der Waals surface area (Å²) in [5, 5.41) is 12.4. The molecule has 1 amide bonds. The van der Waals surface area contributed by atoms with Gasteiger partial charge >= 0.3 is 11.9 Å². The summed E-state index contributed by atoms with van der Waals surface area (Å²) in [6.45, 7) is 5.49. The molecule has 0 radical (unpaired) electrons. The summed E-state index contributed by atoms with van der Waals surface area (Å²) < 4.78 is 15.4. The van der Waals surface area contributed by atoms with Crippen molar-refractivity contribution in [2.75, 3.05) is 6.61 Å². The van der Waals surface area contributed by atoms with E-state index in [4.69, 9.17) is 14.2 Å². The van der Waals surface area contributed by atoms with E-state index in [9.17, 15) is 14.7 Å². The molecule has 2 unspecified atom stereocenters. The number of amides is 1. The molecule has 2 atom stereocenters. The van der Waals surface area contributed by atoms with E-state index < -0.39 is 29.2 Å². The Labute approximate surface area is 128 Å². The second kappa shape index (κ2) is 6.39. The van der Waals surface area contributed by atoms with Gasteiger partial charge in [0.25, 0.3) is 11.7 Å². The van der Waals surface area contributed by atoms with E-state index >= 15 is 0 Å². The van der Waals surface area contributed by atoms with Gasteiger partial charge in [0, 0.05) is 26.5 Å². The molecule has 1 aliphatic heterocycles. The molecule has 1 heterocycles. The standard InChI is InChI=1S/C15H21NO6/c1-4-20-10-7-5-9(6-8-10)16-12(17)11-13(18)21-15(2,3)22-14(11)19/h5,7,9-10,18H,4,6,8H2,1-3H3,(H,16,17). The highest BCUT2D eigenvalue weighted by Crippen LogP contribution is 2.25. The highest BCUT2D eigenvalue weighted by molar-refractivity contribution is 6.17. The Morgan fingerprint density at radius 2 is 2.14 bits per heavy atom. The molecule has 0 spiro atoms. The average Bonchev–Trinajstić information content (AvgIpc) is 2.39. The minimum absolute atomic E-state index is 0.0505. The van der Waals surface area contributed by atoms with Crippen LogP contribution in [-0.2, 0) is 23.8 Å². The minimum atomic E-state index is -1.29. The predicted molar refractivity (Wildman–Crippen MR) is 76.6 cm³/mol. The minimum Gasteiger partial charge on any atom is -0.480 e. The van der Waals surface area contributed by atoms with Crippen LogP contribution in [0.3, 0.4) is 0 Å². The van der Waals surface area contributed by atoms with E-state index in [1.807, 2.05) is 19.1 Å². The normalized spacial score (nSPS) is 27.1. The van der Waals surface area contributed by atoms with Crippen molar-refractivity contribution >= 4 is 11.9 Å². The molecule has 0 aromatic carbocycles. The summed E-state index contributed by atoms with van der Waals surface area (Å²) in [5.41, 5.74) is -0.514. The lowest BCUT2D eigenvalue weighted by Crippen LogP contribution is -2.44. The van der Waals surface area contributed by atoms with Crippen molar-refractivity contribution in [3.05, 3.63) is 23.7 Å². The lowest BCUT2D eigenvalue weighted by Gasteiger charge is -2.30. The Morgan fingerprint density at radius 3 is 2.68 bits per heavy atom. The van der Waals surface area contributed by atoms with Crippen LogP contribution in [0.5, 0.6) is 0 Å². The van der Waals surface area contributed by atoms with Crippen LogP contribution in [0.2, 0.25) is 0 Å². The molecule has 0 aromatic heterocycles. The fraction of sp³-hybridized carbons (Fsp3) is 0.600. The van der Waals surface area contributed by atoms with Crippen molar-refractivity contribution in [2.24, 2.45) is 0 Å². The number of esters is 1. The molecular formula is C15H21NO6. The number of aliphatic hydroxyl groups is 1. The van der Waals surface area contributed by atoms with Crippen LogP contribution in [0.4, 0.5) is 0 Å². The summed E-state index contributed by atoms with van der Waals surface area (Å²) >= 11 is 0. The fourth-order valence-electron chi connectivity index (χ4n) is 2.36. The van der Waals surface area contributed by atoms with Crippen molar-refractivity contribution < 1.29 is 28.9 Å². The summed E-state index contributed by atoms with van der Waals surface area (Å²) in [6, 6.07) is -0.229. The van der Waals surface area contributed by atoms with Crippen LogP contribution >= 0.6 is 0 Å². The maximum absolute atomic E-state index is 12.1. The fourth-order valence-corrected chi connectivity index (χ4v) is 2.36. The molecule has 2 aliphatic rings. The molecule has 1 aliphatic carbocycles. The van der Waals surface area contributed by atoms with E-state index in [0.717, 1.165) is 6.42 Å². The first-order valence-corrected chi connectivity index (χ1v) is 7.29. The first-order valence-electron chi connectivity index (χ1n) is 7.29. The van der Waals surface area contributed by atoms with Gasteiger partial charge in [-0.05, 0) is 19.8 Å². The van der Waals surface area contributed by atoms with E-state index in [1.165, 1.54) is 13.8 Å². The monoisotopic (exact) mass is 311 g/mol. The maximum atomic E-state index is 12.1. The van der Waals surface area contributed by atoms with Crippen LogP contribution < -0.4 is 5.32 Å². The summed E-state index contributed by atoms with van der Waals surface area (Å²) in [6.07, 6.45) is 5.20. The zero-order valence-corrected chi connectivity index (χ0v) is 12.9. The molecule has 0 aromatic rings. The number of ether oxygens (including phenoxy) is 3. The lowest BCUT2D eigenvalue weighted by molar-refractivity contribution is -0.221. The number of carbonyl (C=O) groups is 2. The number of nitrogens with one attached hydrogen (secondary N) is 1. The van der Waals surface area contributed by atoms with Gasteiger partial charge in [-0.1, -0.05) is 12.2 Å². The van der Waals surface area contributed by atoms with Gasteiger partial charge in [0.05, 0.1) is 6.10 Å². The molecule has 2 N–H and O–H groups in total. The van der Waals surface area contributed by atoms with Crippen LogP contribution in [-0.4, -0.2) is 41.5 Å². The van der Waals surface area contributed by atoms with Gasteiger partial charge in [-0.25, -0.2) is 4.79 Å². The molecule has 2 rings (SSSR count). The Balaban J connectivity index is 2.01. The van der Waals surface area contributed by atoms with E-state index in [-0.39, 0.29) is 12.1 Å². The SMILES string of the molecule is CCOC1C=CC(NC(=O)C2=C(O)OC(C)(C)OC2=O)CC1. The largest absolute Gasteiger partial charge is 0.480 e. The molecule has 0 saturated heterocycles. The summed E-state index contributed by atoms with van der Waals surface area (Å²) in [4.78, 5) is 24.0. The van der Waals surface area contributed by atoms with Crippen molar-refractivity contribution in [3.8, 4) is 0 Å². The van der Waals surface area contributed by atoms with Crippen LogP contribution in [0.1, 0.15) is 33.6 Å².